The predicted octanol–water partition coefficient (Wildman–Crippen LogP) is 3.52. The van der Waals surface area contributed by atoms with Crippen molar-refractivity contribution in [2.45, 2.75) is 42.5 Å². The Hall–Kier alpha value is -0.890. The van der Waals surface area contributed by atoms with Crippen molar-refractivity contribution in [1.29, 1.82) is 0 Å². The van der Waals surface area contributed by atoms with Gasteiger partial charge in [0, 0.05) is 6.04 Å². The van der Waals surface area contributed by atoms with Crippen molar-refractivity contribution in [3.8, 4) is 0 Å². The molecule has 5 nitrogen and oxygen atoms in total. The fraction of sp³-hybridized carbons (Fsp3) is 0.462. The van der Waals surface area contributed by atoms with Gasteiger partial charge in [-0.05, 0) is 25.0 Å². The highest BCUT2D eigenvalue weighted by Gasteiger charge is 2.35. The lowest BCUT2D eigenvalue weighted by Gasteiger charge is -2.26. The van der Waals surface area contributed by atoms with Gasteiger partial charge in [0.15, 0.2) is 8.68 Å². The van der Waals surface area contributed by atoms with E-state index in [1.807, 2.05) is 0 Å². The van der Waals surface area contributed by atoms with E-state index in [-0.39, 0.29) is 21.3 Å². The fourth-order valence-electron chi connectivity index (χ4n) is 2.63. The van der Waals surface area contributed by atoms with Crippen LogP contribution in [0.1, 0.15) is 31.4 Å². The second-order valence-corrected chi connectivity index (χ2v) is 8.73. The van der Waals surface area contributed by atoms with Crippen LogP contribution in [0.4, 0.5) is 0 Å². The summed E-state index contributed by atoms with van der Waals surface area (Å²) in [5, 5.41) is 0. The number of rotatable bonds is 5. The molecule has 114 valence electrons. The summed E-state index contributed by atoms with van der Waals surface area (Å²) in [4.78, 5) is 3.84. The van der Waals surface area contributed by atoms with Crippen LogP contribution in [0.2, 0.25) is 4.47 Å². The third-order valence-corrected chi connectivity index (χ3v) is 7.09. The number of thiazole rings is 1. The van der Waals surface area contributed by atoms with Crippen molar-refractivity contribution in [2.75, 3.05) is 0 Å². The Morgan fingerprint density at radius 3 is 2.76 bits per heavy atom. The van der Waals surface area contributed by atoms with E-state index >= 15 is 0 Å². The summed E-state index contributed by atoms with van der Waals surface area (Å²) in [5.41, 5.74) is 0. The Morgan fingerprint density at radius 2 is 2.19 bits per heavy atom. The molecule has 2 aromatic rings. The molecule has 0 unspecified atom stereocenters. The smallest absolute Gasteiger partial charge is 0.254 e. The quantitative estimate of drug-likeness (QED) is 0.830. The number of nitrogens with zero attached hydrogens (tertiary/aromatic N) is 2. The average Bonchev–Trinajstić information content (AvgIpc) is 3.18. The molecule has 21 heavy (non-hydrogen) atoms. The summed E-state index contributed by atoms with van der Waals surface area (Å²) in [5.74, 6) is 0.640. The molecule has 0 N–H and O–H groups in total. The molecule has 0 spiro atoms. The number of sulfonamides is 1. The van der Waals surface area contributed by atoms with Gasteiger partial charge in [-0.2, -0.15) is 4.31 Å². The second-order valence-electron chi connectivity index (χ2n) is 5.00. The molecular formula is C13H15ClN2O3S2. The van der Waals surface area contributed by atoms with E-state index < -0.39 is 10.0 Å². The summed E-state index contributed by atoms with van der Waals surface area (Å²) < 4.78 is 33.0. The summed E-state index contributed by atoms with van der Waals surface area (Å²) in [6, 6.07) is 3.57. The zero-order chi connectivity index (χ0) is 14.9. The first-order chi connectivity index (χ1) is 10.1. The standard InChI is InChI=1S/C13H15ClN2O3S2/c14-13-15-8-12(20-13)21(17,18)16(10-4-1-2-5-10)9-11-6-3-7-19-11/h3,6-8,10H,1-2,4-5,9H2. The minimum Gasteiger partial charge on any atom is -0.468 e. The second kappa shape index (κ2) is 6.08. The van der Waals surface area contributed by atoms with Gasteiger partial charge in [-0.15, -0.1) is 0 Å². The Bertz CT molecular complexity index is 691. The predicted molar refractivity (Wildman–Crippen MR) is 80.8 cm³/mol. The molecule has 0 bridgehead atoms. The minimum atomic E-state index is -3.59. The summed E-state index contributed by atoms with van der Waals surface area (Å²) in [7, 11) is -3.59. The van der Waals surface area contributed by atoms with Crippen molar-refractivity contribution in [1.82, 2.24) is 9.29 Å². The Labute approximate surface area is 132 Å². The third-order valence-electron chi connectivity index (χ3n) is 3.64. The minimum absolute atomic E-state index is 0.0148. The molecule has 0 amide bonds. The molecule has 0 atom stereocenters. The van der Waals surface area contributed by atoms with Gasteiger partial charge in [0.2, 0.25) is 0 Å². The highest BCUT2D eigenvalue weighted by atomic mass is 35.5. The molecule has 0 aliphatic heterocycles. The number of hydrogen-bond acceptors (Lipinski definition) is 5. The van der Waals surface area contributed by atoms with Gasteiger partial charge < -0.3 is 4.42 Å². The molecule has 1 fully saturated rings. The fourth-order valence-corrected chi connectivity index (χ4v) is 5.71. The summed E-state index contributed by atoms with van der Waals surface area (Å²) >= 11 is 6.77. The molecule has 2 heterocycles. The largest absolute Gasteiger partial charge is 0.468 e. The average molecular weight is 347 g/mol. The van der Waals surface area contributed by atoms with Crippen molar-refractivity contribution >= 4 is 33.0 Å². The van der Waals surface area contributed by atoms with Crippen LogP contribution < -0.4 is 0 Å². The number of furan rings is 1. The Kier molecular flexibility index (Phi) is 4.35. The first-order valence-electron chi connectivity index (χ1n) is 6.73. The SMILES string of the molecule is O=S(=O)(c1cnc(Cl)s1)N(Cc1ccco1)C1CCCC1. The third kappa shape index (κ3) is 3.15. The molecule has 1 saturated carbocycles. The maximum Gasteiger partial charge on any atom is 0.254 e. The van der Waals surface area contributed by atoms with E-state index in [4.69, 9.17) is 16.0 Å². The van der Waals surface area contributed by atoms with Gasteiger partial charge >= 0.3 is 0 Å². The zero-order valence-electron chi connectivity index (χ0n) is 11.2. The highest BCUT2D eigenvalue weighted by molar-refractivity contribution is 7.91. The molecule has 0 saturated heterocycles. The van der Waals surface area contributed by atoms with Gasteiger partial charge in [0.1, 0.15) is 5.76 Å². The first-order valence-corrected chi connectivity index (χ1v) is 9.36. The van der Waals surface area contributed by atoms with E-state index in [9.17, 15) is 8.42 Å². The summed E-state index contributed by atoms with van der Waals surface area (Å²) in [6.45, 7) is 0.246. The molecular weight excluding hydrogens is 332 g/mol. The molecule has 8 heteroatoms. The number of halogens is 1. The van der Waals surface area contributed by atoms with Gasteiger partial charge in [-0.3, -0.25) is 0 Å². The Balaban J connectivity index is 1.93. The van der Waals surface area contributed by atoms with Crippen LogP contribution in [0.5, 0.6) is 0 Å². The highest BCUT2D eigenvalue weighted by Crippen LogP contribution is 2.33. The Morgan fingerprint density at radius 1 is 1.43 bits per heavy atom. The van der Waals surface area contributed by atoms with Crippen LogP contribution in [0, 0.1) is 0 Å². The monoisotopic (exact) mass is 346 g/mol. The topological polar surface area (TPSA) is 63.4 Å². The first kappa shape index (κ1) is 15.0. The van der Waals surface area contributed by atoms with Crippen LogP contribution in [-0.2, 0) is 16.6 Å². The molecule has 2 aromatic heterocycles. The van der Waals surface area contributed by atoms with Crippen LogP contribution in [0.25, 0.3) is 0 Å². The molecule has 1 aliphatic rings. The van der Waals surface area contributed by atoms with Crippen molar-refractivity contribution in [3.05, 3.63) is 34.8 Å². The van der Waals surface area contributed by atoms with Crippen LogP contribution in [0.15, 0.2) is 33.2 Å². The van der Waals surface area contributed by atoms with E-state index in [1.54, 1.807) is 18.4 Å². The van der Waals surface area contributed by atoms with E-state index in [0.29, 0.717) is 5.76 Å². The van der Waals surface area contributed by atoms with E-state index in [1.165, 1.54) is 10.5 Å². The molecule has 1 aliphatic carbocycles. The van der Waals surface area contributed by atoms with E-state index in [0.717, 1.165) is 37.0 Å². The van der Waals surface area contributed by atoms with Crippen LogP contribution >= 0.6 is 22.9 Å². The van der Waals surface area contributed by atoms with Crippen molar-refractivity contribution in [3.63, 3.8) is 0 Å². The van der Waals surface area contributed by atoms with Gasteiger partial charge in [-0.25, -0.2) is 13.4 Å². The maximum absolute atomic E-state index is 12.9. The molecule has 0 aromatic carbocycles. The normalized spacial score (nSPS) is 16.9. The van der Waals surface area contributed by atoms with Gasteiger partial charge in [-0.1, -0.05) is 35.8 Å². The molecule has 0 radical (unpaired) electrons. The number of aromatic nitrogens is 1. The lowest BCUT2D eigenvalue weighted by atomic mass is 10.2. The molecule has 3 rings (SSSR count). The van der Waals surface area contributed by atoms with Crippen LogP contribution in [-0.4, -0.2) is 23.7 Å². The maximum atomic E-state index is 12.9. The van der Waals surface area contributed by atoms with Crippen molar-refractivity contribution < 1.29 is 12.8 Å². The summed E-state index contributed by atoms with van der Waals surface area (Å²) in [6.07, 6.45) is 6.75. The lowest BCUT2D eigenvalue weighted by Crippen LogP contribution is -2.37. The number of hydrogen-bond donors (Lipinski definition) is 0. The zero-order valence-corrected chi connectivity index (χ0v) is 13.6. The lowest BCUT2D eigenvalue weighted by molar-refractivity contribution is 0.292. The van der Waals surface area contributed by atoms with Gasteiger partial charge in [0.25, 0.3) is 10.0 Å². The van der Waals surface area contributed by atoms with Crippen LogP contribution in [0.3, 0.4) is 0 Å². The van der Waals surface area contributed by atoms with E-state index in [2.05, 4.69) is 4.98 Å². The van der Waals surface area contributed by atoms with Crippen molar-refractivity contribution in [2.24, 2.45) is 0 Å². The van der Waals surface area contributed by atoms with Gasteiger partial charge in [0.05, 0.1) is 19.0 Å².